The van der Waals surface area contributed by atoms with Crippen LogP contribution in [0.15, 0.2) is 18.3 Å². The minimum atomic E-state index is -0.661. The van der Waals surface area contributed by atoms with Gasteiger partial charge in [0.1, 0.15) is 5.15 Å². The summed E-state index contributed by atoms with van der Waals surface area (Å²) in [6.07, 6.45) is 1.55. The number of halogens is 1. The Morgan fingerprint density at radius 2 is 2.42 bits per heavy atom. The van der Waals surface area contributed by atoms with E-state index in [2.05, 4.69) is 4.98 Å². The molecule has 64 valence electrons. The van der Waals surface area contributed by atoms with Crippen LogP contribution in [0, 0.1) is 0 Å². The fourth-order valence-corrected chi connectivity index (χ4v) is 1.09. The molecule has 0 bridgehead atoms. The maximum Gasteiger partial charge on any atom is 0.151 e. The first-order valence-electron chi connectivity index (χ1n) is 3.49. The first-order chi connectivity index (χ1) is 5.63. The summed E-state index contributed by atoms with van der Waals surface area (Å²) in [6, 6.07) is 2.73. The SMILES string of the molecule is CC(=O)C(N)c1cccnc1Cl. The molecule has 1 rings (SSSR count). The summed E-state index contributed by atoms with van der Waals surface area (Å²) in [5.41, 5.74) is 6.14. The van der Waals surface area contributed by atoms with Crippen LogP contribution in [-0.2, 0) is 4.79 Å². The van der Waals surface area contributed by atoms with Crippen molar-refractivity contribution < 1.29 is 4.79 Å². The molecule has 0 aliphatic carbocycles. The number of nitrogens with two attached hydrogens (primary N) is 1. The maximum absolute atomic E-state index is 10.9. The predicted molar refractivity (Wildman–Crippen MR) is 46.9 cm³/mol. The third-order valence-electron chi connectivity index (χ3n) is 1.56. The van der Waals surface area contributed by atoms with Crippen molar-refractivity contribution in [2.24, 2.45) is 5.73 Å². The average Bonchev–Trinajstić information content (AvgIpc) is 2.04. The van der Waals surface area contributed by atoms with Gasteiger partial charge in [-0.2, -0.15) is 0 Å². The number of hydrogen-bond acceptors (Lipinski definition) is 3. The second-order valence-electron chi connectivity index (χ2n) is 2.47. The van der Waals surface area contributed by atoms with Crippen molar-refractivity contribution >= 4 is 17.4 Å². The molecule has 2 N–H and O–H groups in total. The van der Waals surface area contributed by atoms with Crippen LogP contribution in [0.25, 0.3) is 0 Å². The molecule has 0 saturated heterocycles. The van der Waals surface area contributed by atoms with Crippen molar-refractivity contribution in [3.63, 3.8) is 0 Å². The Kier molecular flexibility index (Phi) is 2.78. The van der Waals surface area contributed by atoms with Gasteiger partial charge in [0.2, 0.25) is 0 Å². The smallest absolute Gasteiger partial charge is 0.151 e. The van der Waals surface area contributed by atoms with Gasteiger partial charge < -0.3 is 5.73 Å². The summed E-state index contributed by atoms with van der Waals surface area (Å²) in [5.74, 6) is -0.120. The van der Waals surface area contributed by atoms with E-state index < -0.39 is 6.04 Å². The third kappa shape index (κ3) is 1.81. The highest BCUT2D eigenvalue weighted by molar-refractivity contribution is 6.30. The lowest BCUT2D eigenvalue weighted by molar-refractivity contribution is -0.118. The maximum atomic E-state index is 10.9. The number of pyridine rings is 1. The number of aromatic nitrogens is 1. The lowest BCUT2D eigenvalue weighted by Crippen LogP contribution is -2.19. The number of ketones is 1. The third-order valence-corrected chi connectivity index (χ3v) is 1.88. The molecule has 0 aromatic carbocycles. The lowest BCUT2D eigenvalue weighted by atomic mass is 10.1. The average molecular weight is 185 g/mol. The molecule has 1 unspecified atom stereocenters. The van der Waals surface area contributed by atoms with E-state index in [0.29, 0.717) is 10.7 Å². The number of nitrogens with zero attached hydrogens (tertiary/aromatic N) is 1. The zero-order valence-corrected chi connectivity index (χ0v) is 7.38. The van der Waals surface area contributed by atoms with Gasteiger partial charge in [0.05, 0.1) is 6.04 Å². The van der Waals surface area contributed by atoms with E-state index in [-0.39, 0.29) is 5.78 Å². The summed E-state index contributed by atoms with van der Waals surface area (Å²) < 4.78 is 0. The Morgan fingerprint density at radius 3 is 2.92 bits per heavy atom. The summed E-state index contributed by atoms with van der Waals surface area (Å²) in [4.78, 5) is 14.7. The molecule has 1 aromatic heterocycles. The van der Waals surface area contributed by atoms with Crippen molar-refractivity contribution in [3.05, 3.63) is 29.0 Å². The molecule has 0 spiro atoms. The monoisotopic (exact) mass is 184 g/mol. The van der Waals surface area contributed by atoms with Crippen LogP contribution in [0.3, 0.4) is 0 Å². The van der Waals surface area contributed by atoms with E-state index in [1.54, 1.807) is 18.3 Å². The van der Waals surface area contributed by atoms with E-state index in [1.807, 2.05) is 0 Å². The fraction of sp³-hybridized carbons (Fsp3) is 0.250. The van der Waals surface area contributed by atoms with Gasteiger partial charge in [0.15, 0.2) is 5.78 Å². The largest absolute Gasteiger partial charge is 0.318 e. The summed E-state index contributed by atoms with van der Waals surface area (Å²) in [7, 11) is 0. The van der Waals surface area contributed by atoms with Crippen molar-refractivity contribution in [1.82, 2.24) is 4.98 Å². The Labute approximate surface area is 75.6 Å². The number of carbonyl (C=O) groups excluding carboxylic acids is 1. The van der Waals surface area contributed by atoms with E-state index in [4.69, 9.17) is 17.3 Å². The van der Waals surface area contributed by atoms with E-state index in [1.165, 1.54) is 6.92 Å². The molecular weight excluding hydrogens is 176 g/mol. The van der Waals surface area contributed by atoms with Crippen molar-refractivity contribution in [3.8, 4) is 0 Å². The van der Waals surface area contributed by atoms with Crippen LogP contribution >= 0.6 is 11.6 Å². The molecule has 0 saturated carbocycles. The number of Topliss-reactive ketones (excluding diaryl/α,β-unsaturated/α-hetero) is 1. The van der Waals surface area contributed by atoms with E-state index in [0.717, 1.165) is 0 Å². The Bertz CT molecular complexity index is 301. The van der Waals surface area contributed by atoms with Crippen LogP contribution in [0.1, 0.15) is 18.5 Å². The van der Waals surface area contributed by atoms with E-state index in [9.17, 15) is 4.79 Å². The normalized spacial score (nSPS) is 12.6. The van der Waals surface area contributed by atoms with Crippen LogP contribution in [0.2, 0.25) is 5.15 Å². The van der Waals surface area contributed by atoms with Crippen LogP contribution in [-0.4, -0.2) is 10.8 Å². The highest BCUT2D eigenvalue weighted by Gasteiger charge is 2.14. The van der Waals surface area contributed by atoms with Crippen molar-refractivity contribution in [1.29, 1.82) is 0 Å². The van der Waals surface area contributed by atoms with Gasteiger partial charge in [-0.1, -0.05) is 17.7 Å². The Balaban J connectivity index is 3.02. The van der Waals surface area contributed by atoms with Gasteiger partial charge in [0, 0.05) is 11.8 Å². The highest BCUT2D eigenvalue weighted by Crippen LogP contribution is 2.18. The summed E-state index contributed by atoms with van der Waals surface area (Å²) in [6.45, 7) is 1.42. The summed E-state index contributed by atoms with van der Waals surface area (Å²) >= 11 is 5.72. The van der Waals surface area contributed by atoms with Crippen LogP contribution in [0.5, 0.6) is 0 Å². The zero-order chi connectivity index (χ0) is 9.14. The first kappa shape index (κ1) is 9.16. The molecular formula is C8H9ClN2O. The van der Waals surface area contributed by atoms with Gasteiger partial charge in [-0.25, -0.2) is 4.98 Å². The molecule has 0 fully saturated rings. The van der Waals surface area contributed by atoms with Gasteiger partial charge in [-0.05, 0) is 13.0 Å². The first-order valence-corrected chi connectivity index (χ1v) is 3.87. The van der Waals surface area contributed by atoms with Gasteiger partial charge in [0.25, 0.3) is 0 Å². The number of rotatable bonds is 2. The number of hydrogen-bond donors (Lipinski definition) is 1. The second-order valence-corrected chi connectivity index (χ2v) is 2.83. The second kappa shape index (κ2) is 3.65. The quantitative estimate of drug-likeness (QED) is 0.706. The molecule has 0 radical (unpaired) electrons. The lowest BCUT2D eigenvalue weighted by Gasteiger charge is -2.08. The molecule has 1 atom stereocenters. The minimum absolute atomic E-state index is 0.120. The molecule has 0 aliphatic rings. The molecule has 3 nitrogen and oxygen atoms in total. The van der Waals surface area contributed by atoms with Gasteiger partial charge in [-0.15, -0.1) is 0 Å². The van der Waals surface area contributed by atoms with Crippen LogP contribution < -0.4 is 5.73 Å². The topological polar surface area (TPSA) is 56.0 Å². The van der Waals surface area contributed by atoms with Crippen molar-refractivity contribution in [2.45, 2.75) is 13.0 Å². The zero-order valence-electron chi connectivity index (χ0n) is 6.62. The van der Waals surface area contributed by atoms with Gasteiger partial charge >= 0.3 is 0 Å². The standard InChI is InChI=1S/C8H9ClN2O/c1-5(12)7(10)6-3-2-4-11-8(6)9/h2-4,7H,10H2,1H3. The molecule has 12 heavy (non-hydrogen) atoms. The Morgan fingerprint density at radius 1 is 1.75 bits per heavy atom. The number of carbonyl (C=O) groups is 1. The highest BCUT2D eigenvalue weighted by atomic mass is 35.5. The Hall–Kier alpha value is -0.930. The van der Waals surface area contributed by atoms with E-state index >= 15 is 0 Å². The fourth-order valence-electron chi connectivity index (χ4n) is 0.849. The summed E-state index contributed by atoms with van der Waals surface area (Å²) in [5, 5.41) is 0.292. The molecule has 0 amide bonds. The van der Waals surface area contributed by atoms with Crippen molar-refractivity contribution in [2.75, 3.05) is 0 Å². The molecule has 0 aliphatic heterocycles. The van der Waals surface area contributed by atoms with Crippen LogP contribution in [0.4, 0.5) is 0 Å². The van der Waals surface area contributed by atoms with Gasteiger partial charge in [-0.3, -0.25) is 4.79 Å². The molecule has 1 heterocycles. The predicted octanol–water partition coefficient (Wildman–Crippen LogP) is 1.32. The molecule has 1 aromatic rings. The molecule has 4 heteroatoms. The minimum Gasteiger partial charge on any atom is -0.318 e.